The molecule has 2 aliphatic heterocycles. The van der Waals surface area contributed by atoms with Gasteiger partial charge in [0.15, 0.2) is 18.0 Å². The van der Waals surface area contributed by atoms with Crippen LogP contribution >= 0.6 is 0 Å². The lowest BCUT2D eigenvalue weighted by Crippen LogP contribution is -2.52. The van der Waals surface area contributed by atoms with Gasteiger partial charge in [-0.15, -0.1) is 0 Å². The number of nitrogens with one attached hydrogen (secondary N) is 6. The Morgan fingerprint density at radius 1 is 0.774 bits per heavy atom. The Morgan fingerprint density at radius 2 is 1.38 bits per heavy atom. The lowest BCUT2D eigenvalue weighted by atomic mass is 9.81. The lowest BCUT2D eigenvalue weighted by Gasteiger charge is -2.32. The fourth-order valence-corrected chi connectivity index (χ4v) is 9.80. The van der Waals surface area contributed by atoms with Gasteiger partial charge in [0.05, 0.1) is 128 Å². The van der Waals surface area contributed by atoms with Crippen molar-refractivity contribution in [2.75, 3.05) is 125 Å². The first-order valence-electron chi connectivity index (χ1n) is 27.9. The lowest BCUT2D eigenvalue weighted by molar-refractivity contribution is -0.143. The molecule has 84 heavy (non-hydrogen) atoms. The number of nitrogens with zero attached hydrogens (tertiary/aromatic N) is 2. The zero-order valence-corrected chi connectivity index (χ0v) is 47.2. The summed E-state index contributed by atoms with van der Waals surface area (Å²) in [7, 11) is 0. The maximum atomic E-state index is 15.4. The van der Waals surface area contributed by atoms with Crippen LogP contribution in [0.15, 0.2) is 47.3 Å². The number of rotatable bonds is 36. The van der Waals surface area contributed by atoms with Gasteiger partial charge in [-0.2, -0.15) is 0 Å². The monoisotopic (exact) mass is 1180 g/mol. The Bertz CT molecular complexity index is 3040. The van der Waals surface area contributed by atoms with E-state index in [2.05, 4.69) is 31.9 Å². The summed E-state index contributed by atoms with van der Waals surface area (Å²) in [6.45, 7) is 5.50. The van der Waals surface area contributed by atoms with Gasteiger partial charge in [0.2, 0.25) is 41.2 Å². The number of Topliss-reactive ketones (excluding diaryl/α,β-unsaturated/α-hetero) is 1. The number of nitrogens with two attached hydrogens (primary N) is 1. The van der Waals surface area contributed by atoms with Gasteiger partial charge < -0.3 is 80.6 Å². The van der Waals surface area contributed by atoms with Gasteiger partial charge >= 0.3 is 0 Å². The summed E-state index contributed by atoms with van der Waals surface area (Å²) in [5.41, 5.74) is 6.88. The van der Waals surface area contributed by atoms with Crippen molar-refractivity contribution in [2.45, 2.75) is 70.2 Å². The third-order valence-electron chi connectivity index (χ3n) is 14.1. The normalized spacial score (nSPS) is 16.0. The van der Waals surface area contributed by atoms with Gasteiger partial charge in [-0.3, -0.25) is 42.9 Å². The zero-order chi connectivity index (χ0) is 60.0. The topological polar surface area (TPSA) is 347 Å². The molecule has 3 atom stereocenters. The highest BCUT2D eigenvalue weighted by molar-refractivity contribution is 5.96. The first-order valence-corrected chi connectivity index (χ1v) is 27.9. The summed E-state index contributed by atoms with van der Waals surface area (Å²) in [4.78, 5) is 109. The van der Waals surface area contributed by atoms with Crippen molar-refractivity contribution in [1.82, 2.24) is 41.5 Å². The van der Waals surface area contributed by atoms with E-state index in [4.69, 9.17) is 48.6 Å². The molecule has 1 aliphatic carbocycles. The van der Waals surface area contributed by atoms with E-state index in [-0.39, 0.29) is 56.9 Å². The fraction of sp³-hybridized carbons (Fsp3) is 0.526. The van der Waals surface area contributed by atoms with E-state index < -0.39 is 110 Å². The van der Waals surface area contributed by atoms with Crippen molar-refractivity contribution >= 4 is 52.1 Å². The molecule has 2 aromatic carbocycles. The van der Waals surface area contributed by atoms with Crippen LogP contribution in [0.3, 0.4) is 0 Å². The molecule has 0 radical (unpaired) electrons. The summed E-state index contributed by atoms with van der Waals surface area (Å²) in [5.74, 6) is -4.96. The number of hydrogen-bond donors (Lipinski definition) is 8. The number of amides is 6. The van der Waals surface area contributed by atoms with Crippen LogP contribution in [0.5, 0.6) is 5.75 Å². The van der Waals surface area contributed by atoms with Gasteiger partial charge in [0.25, 0.3) is 5.56 Å². The molecule has 0 spiro atoms. The van der Waals surface area contributed by atoms with E-state index in [0.29, 0.717) is 123 Å². The number of carbonyl (C=O) groups excluding carboxylic acids is 7. The van der Waals surface area contributed by atoms with Crippen molar-refractivity contribution in [3.05, 3.63) is 92.0 Å². The predicted molar refractivity (Wildman–Crippen MR) is 298 cm³/mol. The van der Waals surface area contributed by atoms with Gasteiger partial charge in [-0.1, -0.05) is 37.3 Å². The molecular formula is C57H74FN9O17. The number of benzene rings is 2. The number of aromatic nitrogens is 2. The van der Waals surface area contributed by atoms with Crippen molar-refractivity contribution in [3.63, 3.8) is 0 Å². The van der Waals surface area contributed by atoms with Crippen LogP contribution in [-0.2, 0) is 91.7 Å². The molecule has 456 valence electrons. The van der Waals surface area contributed by atoms with Crippen LogP contribution in [0.25, 0.3) is 22.3 Å². The van der Waals surface area contributed by atoms with Gasteiger partial charge in [0, 0.05) is 42.0 Å². The molecule has 26 nitrogen and oxygen atoms in total. The third-order valence-corrected chi connectivity index (χ3v) is 14.1. The second kappa shape index (κ2) is 32.1. The number of pyridine rings is 2. The molecule has 6 amide bonds. The molecule has 0 saturated carbocycles. The molecule has 0 unspecified atom stereocenters. The SMILES string of the molecule is CC[C@@]1(O)C(=O)COc2c1cc1n(c2=O)Cc2c-1nc1cc(F)c(C)c3c1c2[C@@H](NC(=O)COCNC(=O)CNC(=O)[C@H](Cc1ccccc1)NC(=O)CNC(=O)CNC(=O)CCOCCOCCOCCOCCOCCOCCN)CC3. The number of aryl methyl sites for hydroxylation is 1. The van der Waals surface area contributed by atoms with Crippen molar-refractivity contribution in [1.29, 1.82) is 0 Å². The van der Waals surface area contributed by atoms with E-state index in [1.54, 1.807) is 44.2 Å². The van der Waals surface area contributed by atoms with Crippen LogP contribution in [0.4, 0.5) is 4.39 Å². The van der Waals surface area contributed by atoms with E-state index in [1.807, 2.05) is 0 Å². The number of ketones is 1. The zero-order valence-electron chi connectivity index (χ0n) is 47.2. The first-order chi connectivity index (χ1) is 40.6. The van der Waals surface area contributed by atoms with E-state index in [9.17, 15) is 43.5 Å². The second-order valence-electron chi connectivity index (χ2n) is 19.8. The molecule has 3 aliphatic rings. The Labute approximate surface area is 483 Å². The minimum absolute atomic E-state index is 0.00493. The third kappa shape index (κ3) is 17.4. The maximum absolute atomic E-state index is 15.4. The number of ether oxygens (including phenoxy) is 8. The maximum Gasteiger partial charge on any atom is 0.294 e. The number of halogens is 1. The highest BCUT2D eigenvalue weighted by atomic mass is 19.1. The van der Waals surface area contributed by atoms with E-state index >= 15 is 4.39 Å². The van der Waals surface area contributed by atoms with Crippen LogP contribution in [-0.4, -0.2) is 187 Å². The van der Waals surface area contributed by atoms with E-state index in [1.165, 1.54) is 16.7 Å². The number of fused-ring (bicyclic) bond motifs is 5. The largest absolute Gasteiger partial charge is 0.480 e. The smallest absolute Gasteiger partial charge is 0.294 e. The van der Waals surface area contributed by atoms with Gasteiger partial charge in [0.1, 0.15) is 25.2 Å². The molecular weight excluding hydrogens is 1100 g/mol. The van der Waals surface area contributed by atoms with Crippen molar-refractivity contribution < 1.29 is 81.0 Å². The quantitative estimate of drug-likeness (QED) is 0.0179. The number of aliphatic hydroxyl groups is 1. The fourth-order valence-electron chi connectivity index (χ4n) is 9.80. The molecule has 7 rings (SSSR count). The number of carbonyl (C=O) groups is 7. The Balaban J connectivity index is 0.791. The molecule has 0 saturated heterocycles. The standard InChI is InChI=1S/C57H74FN9O17/c1-3-57(76)39-26-44-53-38(31-67(44)56(75)54(39)84-32-45(57)68)52-41(10-9-37-35(2)40(58)27-42(66-53)51(37)52)64-50(73)33-83-34-63-48(71)29-62-55(74)43(25-36-7-5-4-6-8-36)65-49(72)30-61-47(70)28-60-46(69)11-13-77-15-17-79-19-21-81-23-24-82-22-20-80-18-16-78-14-12-59/h4-8,26-27,41,43,76H,3,9-25,28-34,59H2,1-2H3,(H,60,69)(H,61,70)(H,62,74)(H,63,71)(H,64,73)(H,65,72)/t41-,43-,57-/m0/s1. The second-order valence-corrected chi connectivity index (χ2v) is 19.8. The summed E-state index contributed by atoms with van der Waals surface area (Å²) in [5, 5.41) is 27.4. The Morgan fingerprint density at radius 3 is 2.04 bits per heavy atom. The molecule has 9 N–H and O–H groups in total. The van der Waals surface area contributed by atoms with Gasteiger partial charge in [-0.25, -0.2) is 9.37 Å². The minimum atomic E-state index is -1.96. The summed E-state index contributed by atoms with van der Waals surface area (Å²) < 4.78 is 60.2. The summed E-state index contributed by atoms with van der Waals surface area (Å²) in [6, 6.07) is 9.80. The Kier molecular flexibility index (Phi) is 24.5. The average Bonchev–Trinajstić information content (AvgIpc) is 1.49. The minimum Gasteiger partial charge on any atom is -0.480 e. The summed E-state index contributed by atoms with van der Waals surface area (Å²) in [6.07, 6.45) is 0.769. The van der Waals surface area contributed by atoms with Gasteiger partial charge in [-0.05, 0) is 54.5 Å². The number of hydrogen-bond acceptors (Lipinski definition) is 19. The van der Waals surface area contributed by atoms with Crippen LogP contribution in [0.1, 0.15) is 65.6 Å². The highest BCUT2D eigenvalue weighted by Crippen LogP contribution is 2.46. The van der Waals surface area contributed by atoms with Crippen LogP contribution in [0, 0.1) is 12.7 Å². The molecule has 0 fully saturated rings. The van der Waals surface area contributed by atoms with Crippen LogP contribution in [0.2, 0.25) is 0 Å². The summed E-state index contributed by atoms with van der Waals surface area (Å²) >= 11 is 0. The van der Waals surface area contributed by atoms with Crippen molar-refractivity contribution in [3.8, 4) is 17.1 Å². The van der Waals surface area contributed by atoms with Crippen LogP contribution < -0.4 is 47.9 Å². The average molecular weight is 1180 g/mol. The molecule has 27 heteroatoms. The molecule has 4 aromatic rings. The predicted octanol–water partition coefficient (Wildman–Crippen LogP) is -0.850. The Hall–Kier alpha value is -7.34. The molecule has 0 bridgehead atoms. The first kappa shape index (κ1) is 64.2. The van der Waals surface area contributed by atoms with Crippen molar-refractivity contribution in [2.24, 2.45) is 5.73 Å². The highest BCUT2D eigenvalue weighted by Gasteiger charge is 2.45. The van der Waals surface area contributed by atoms with E-state index in [0.717, 1.165) is 5.56 Å². The molecule has 4 heterocycles. The molecule has 2 aromatic heterocycles.